The maximum atomic E-state index is 12.9. The number of benzene rings is 1. The van der Waals surface area contributed by atoms with Crippen molar-refractivity contribution in [3.63, 3.8) is 0 Å². The highest BCUT2D eigenvalue weighted by Gasteiger charge is 2.44. The summed E-state index contributed by atoms with van der Waals surface area (Å²) in [4.78, 5) is 15.0. The zero-order chi connectivity index (χ0) is 14.7. The topological polar surface area (TPSA) is 41.6 Å². The van der Waals surface area contributed by atoms with E-state index in [0.717, 1.165) is 57.6 Å². The van der Waals surface area contributed by atoms with Crippen molar-refractivity contribution in [3.05, 3.63) is 29.8 Å². The number of nitrogens with one attached hydrogen (secondary N) is 1. The third-order valence-electron chi connectivity index (χ3n) is 4.92. The molecule has 1 amide bonds. The van der Waals surface area contributed by atoms with Crippen LogP contribution < -0.4 is 10.1 Å². The van der Waals surface area contributed by atoms with Gasteiger partial charge >= 0.3 is 0 Å². The number of likely N-dealkylation sites (tertiary alicyclic amines) is 1. The van der Waals surface area contributed by atoms with E-state index >= 15 is 0 Å². The summed E-state index contributed by atoms with van der Waals surface area (Å²) in [6.07, 6.45) is 4.17. The fourth-order valence-electron chi connectivity index (χ4n) is 3.62. The van der Waals surface area contributed by atoms with Crippen LogP contribution in [0.3, 0.4) is 0 Å². The van der Waals surface area contributed by atoms with Gasteiger partial charge in [0.1, 0.15) is 5.75 Å². The van der Waals surface area contributed by atoms with Crippen molar-refractivity contribution in [2.45, 2.75) is 32.2 Å². The zero-order valence-electron chi connectivity index (χ0n) is 13.1. The van der Waals surface area contributed by atoms with Crippen LogP contribution in [0.4, 0.5) is 0 Å². The fraction of sp³-hybridized carbons (Fsp3) is 0.588. The standard InChI is InChI=1S/C17H24N2O2.ClH/c1-21-15-5-3-14(4-6-15)13-19-12-2-7-17(16(19)20)8-10-18-11-9-17;/h3-6,18H,2,7-13H2,1H3;1H. The summed E-state index contributed by atoms with van der Waals surface area (Å²) >= 11 is 0. The summed E-state index contributed by atoms with van der Waals surface area (Å²) in [5.41, 5.74) is 1.09. The molecule has 0 atom stereocenters. The molecule has 2 aliphatic rings. The number of ether oxygens (including phenoxy) is 1. The van der Waals surface area contributed by atoms with Crippen molar-refractivity contribution in [1.29, 1.82) is 0 Å². The molecule has 0 saturated carbocycles. The number of rotatable bonds is 3. The van der Waals surface area contributed by atoms with Crippen molar-refractivity contribution in [3.8, 4) is 5.75 Å². The van der Waals surface area contributed by atoms with E-state index in [0.29, 0.717) is 5.91 Å². The Bertz CT molecular complexity index is 492. The number of methoxy groups -OCH3 is 1. The van der Waals surface area contributed by atoms with Crippen LogP contribution in [0.2, 0.25) is 0 Å². The van der Waals surface area contributed by atoms with E-state index in [1.807, 2.05) is 12.1 Å². The lowest BCUT2D eigenvalue weighted by Crippen LogP contribution is -2.52. The molecule has 1 aromatic carbocycles. The molecule has 1 spiro atoms. The van der Waals surface area contributed by atoms with Crippen LogP contribution in [0, 0.1) is 5.41 Å². The number of halogens is 1. The first kappa shape index (κ1) is 17.1. The van der Waals surface area contributed by atoms with Gasteiger partial charge in [-0.05, 0) is 56.5 Å². The van der Waals surface area contributed by atoms with Crippen molar-refractivity contribution in [2.75, 3.05) is 26.7 Å². The third kappa shape index (κ3) is 3.39. The van der Waals surface area contributed by atoms with Crippen molar-refractivity contribution in [1.82, 2.24) is 10.2 Å². The van der Waals surface area contributed by atoms with E-state index in [4.69, 9.17) is 4.74 Å². The van der Waals surface area contributed by atoms with E-state index in [2.05, 4.69) is 22.3 Å². The Morgan fingerprint density at radius 3 is 2.50 bits per heavy atom. The van der Waals surface area contributed by atoms with Gasteiger partial charge in [-0.3, -0.25) is 4.79 Å². The first-order chi connectivity index (χ1) is 10.2. The minimum absolute atomic E-state index is 0. The van der Waals surface area contributed by atoms with E-state index in [1.54, 1.807) is 7.11 Å². The van der Waals surface area contributed by atoms with Gasteiger partial charge in [0.15, 0.2) is 0 Å². The molecule has 2 aliphatic heterocycles. The van der Waals surface area contributed by atoms with E-state index < -0.39 is 0 Å². The Morgan fingerprint density at radius 1 is 1.18 bits per heavy atom. The molecule has 1 aromatic rings. The molecule has 5 heteroatoms. The summed E-state index contributed by atoms with van der Waals surface area (Å²) < 4.78 is 5.18. The SMILES string of the molecule is COc1ccc(CN2CCCC3(CCNCC3)C2=O)cc1.Cl. The van der Waals surface area contributed by atoms with Crippen LogP contribution in [0.15, 0.2) is 24.3 Å². The number of nitrogens with zero attached hydrogens (tertiary/aromatic N) is 1. The number of hydrogen-bond donors (Lipinski definition) is 1. The van der Waals surface area contributed by atoms with Crippen LogP contribution in [-0.2, 0) is 11.3 Å². The summed E-state index contributed by atoms with van der Waals surface area (Å²) in [5, 5.41) is 3.37. The summed E-state index contributed by atoms with van der Waals surface area (Å²) in [5.74, 6) is 1.23. The van der Waals surface area contributed by atoms with Gasteiger partial charge in [0.25, 0.3) is 0 Å². The van der Waals surface area contributed by atoms with Crippen LogP contribution >= 0.6 is 12.4 Å². The third-order valence-corrected chi connectivity index (χ3v) is 4.92. The minimum atomic E-state index is -0.0873. The summed E-state index contributed by atoms with van der Waals surface area (Å²) in [7, 11) is 1.67. The molecule has 122 valence electrons. The normalized spacial score (nSPS) is 20.6. The average molecular weight is 325 g/mol. The number of hydrogen-bond acceptors (Lipinski definition) is 3. The van der Waals surface area contributed by atoms with Crippen molar-refractivity contribution in [2.24, 2.45) is 5.41 Å². The lowest BCUT2D eigenvalue weighted by Gasteiger charge is -2.44. The largest absolute Gasteiger partial charge is 0.497 e. The van der Waals surface area contributed by atoms with Gasteiger partial charge in [-0.1, -0.05) is 12.1 Å². The molecule has 0 unspecified atom stereocenters. The quantitative estimate of drug-likeness (QED) is 0.929. The van der Waals surface area contributed by atoms with Gasteiger partial charge in [-0.2, -0.15) is 0 Å². The van der Waals surface area contributed by atoms with Crippen LogP contribution in [-0.4, -0.2) is 37.6 Å². The van der Waals surface area contributed by atoms with Crippen LogP contribution in [0.1, 0.15) is 31.2 Å². The molecule has 2 heterocycles. The molecule has 22 heavy (non-hydrogen) atoms. The molecule has 3 rings (SSSR count). The second-order valence-electron chi connectivity index (χ2n) is 6.21. The molecule has 0 aliphatic carbocycles. The molecule has 0 aromatic heterocycles. The number of carbonyl (C=O) groups excluding carboxylic acids is 1. The van der Waals surface area contributed by atoms with Crippen LogP contribution in [0.25, 0.3) is 0 Å². The molecular weight excluding hydrogens is 300 g/mol. The highest BCUT2D eigenvalue weighted by molar-refractivity contribution is 5.85. The van der Waals surface area contributed by atoms with Gasteiger partial charge in [-0.25, -0.2) is 0 Å². The maximum absolute atomic E-state index is 12.9. The predicted octanol–water partition coefficient (Wildman–Crippen LogP) is 2.61. The zero-order valence-corrected chi connectivity index (χ0v) is 14.0. The molecular formula is C17H25ClN2O2. The Hall–Kier alpha value is -1.26. The molecule has 4 nitrogen and oxygen atoms in total. The first-order valence-electron chi connectivity index (χ1n) is 7.87. The van der Waals surface area contributed by atoms with Gasteiger partial charge in [0.2, 0.25) is 5.91 Å². The molecule has 2 fully saturated rings. The predicted molar refractivity (Wildman–Crippen MR) is 89.4 cm³/mol. The van der Waals surface area contributed by atoms with E-state index in [9.17, 15) is 4.79 Å². The number of carbonyl (C=O) groups is 1. The Balaban J connectivity index is 0.00000176. The second kappa shape index (κ2) is 7.34. The maximum Gasteiger partial charge on any atom is 0.229 e. The first-order valence-corrected chi connectivity index (χ1v) is 7.87. The van der Waals surface area contributed by atoms with Gasteiger partial charge in [0.05, 0.1) is 12.5 Å². The number of amides is 1. The monoisotopic (exact) mass is 324 g/mol. The second-order valence-corrected chi connectivity index (χ2v) is 6.21. The Kier molecular flexibility index (Phi) is 5.70. The Morgan fingerprint density at radius 2 is 1.86 bits per heavy atom. The lowest BCUT2D eigenvalue weighted by atomic mass is 9.72. The van der Waals surface area contributed by atoms with E-state index in [-0.39, 0.29) is 17.8 Å². The minimum Gasteiger partial charge on any atom is -0.497 e. The fourth-order valence-corrected chi connectivity index (χ4v) is 3.62. The molecule has 2 saturated heterocycles. The molecule has 1 N–H and O–H groups in total. The van der Waals surface area contributed by atoms with E-state index in [1.165, 1.54) is 5.56 Å². The molecule has 0 bridgehead atoms. The highest BCUT2D eigenvalue weighted by atomic mass is 35.5. The highest BCUT2D eigenvalue weighted by Crippen LogP contribution is 2.39. The molecule has 0 radical (unpaired) electrons. The number of piperidine rings is 2. The van der Waals surface area contributed by atoms with Crippen molar-refractivity contribution < 1.29 is 9.53 Å². The smallest absolute Gasteiger partial charge is 0.229 e. The lowest BCUT2D eigenvalue weighted by molar-refractivity contribution is -0.149. The van der Waals surface area contributed by atoms with Crippen LogP contribution in [0.5, 0.6) is 5.75 Å². The average Bonchev–Trinajstić information content (AvgIpc) is 2.54. The summed E-state index contributed by atoms with van der Waals surface area (Å²) in [6, 6.07) is 8.03. The Labute approximate surface area is 138 Å². The van der Waals surface area contributed by atoms with Gasteiger partial charge in [-0.15, -0.1) is 12.4 Å². The van der Waals surface area contributed by atoms with Gasteiger partial charge < -0.3 is 15.0 Å². The summed E-state index contributed by atoms with van der Waals surface area (Å²) in [6.45, 7) is 3.56. The van der Waals surface area contributed by atoms with Crippen molar-refractivity contribution >= 4 is 18.3 Å². The van der Waals surface area contributed by atoms with Gasteiger partial charge in [0, 0.05) is 13.1 Å².